The molecule has 1 aromatic carbocycles. The molecule has 128 valence electrons. The Bertz CT molecular complexity index is 551. The third-order valence-corrected chi connectivity index (χ3v) is 4.64. The minimum absolute atomic E-state index is 0.159. The van der Waals surface area contributed by atoms with Gasteiger partial charge in [0, 0.05) is 38.6 Å². The normalized spacial score (nSPS) is 20.9. The second-order valence-electron chi connectivity index (χ2n) is 6.48. The lowest BCUT2D eigenvalue weighted by Crippen LogP contribution is -2.40. The number of halogens is 1. The smallest absolute Gasteiger partial charge is 0.321 e. The highest BCUT2D eigenvalue weighted by molar-refractivity contribution is 6.31. The van der Waals surface area contributed by atoms with Gasteiger partial charge in [-0.25, -0.2) is 4.79 Å². The highest BCUT2D eigenvalue weighted by atomic mass is 35.5. The van der Waals surface area contributed by atoms with Crippen molar-refractivity contribution in [2.24, 2.45) is 5.92 Å². The number of anilines is 2. The molecular weight excluding hydrogens is 314 g/mol. The minimum atomic E-state index is -0.303. The molecule has 2 atom stereocenters. The number of amides is 2. The summed E-state index contributed by atoms with van der Waals surface area (Å²) < 4.78 is 0. The number of carbonyl (C=O) groups is 1. The zero-order valence-corrected chi connectivity index (χ0v) is 14.8. The molecule has 2 rings (SSSR count). The van der Waals surface area contributed by atoms with Crippen LogP contribution in [0.15, 0.2) is 18.2 Å². The van der Waals surface area contributed by atoms with Gasteiger partial charge in [-0.2, -0.15) is 0 Å². The van der Waals surface area contributed by atoms with Crippen molar-refractivity contribution in [1.29, 1.82) is 0 Å². The van der Waals surface area contributed by atoms with Crippen molar-refractivity contribution in [3.05, 3.63) is 23.2 Å². The van der Waals surface area contributed by atoms with Crippen molar-refractivity contribution in [2.45, 2.75) is 31.8 Å². The van der Waals surface area contributed by atoms with Crippen LogP contribution in [0, 0.1) is 5.92 Å². The maximum Gasteiger partial charge on any atom is 0.321 e. The molecule has 6 heteroatoms. The van der Waals surface area contributed by atoms with Gasteiger partial charge in [0.05, 0.1) is 17.5 Å². The van der Waals surface area contributed by atoms with Gasteiger partial charge in [0.1, 0.15) is 0 Å². The lowest BCUT2D eigenvalue weighted by molar-refractivity contribution is 0.0575. The van der Waals surface area contributed by atoms with E-state index in [1.807, 2.05) is 25.1 Å². The molecule has 23 heavy (non-hydrogen) atoms. The Morgan fingerprint density at radius 2 is 2.00 bits per heavy atom. The number of aliphatic hydroxyl groups is 1. The van der Waals surface area contributed by atoms with E-state index in [2.05, 4.69) is 5.32 Å². The predicted octanol–water partition coefficient (Wildman–Crippen LogP) is 3.42. The second-order valence-corrected chi connectivity index (χ2v) is 6.91. The summed E-state index contributed by atoms with van der Waals surface area (Å²) in [6, 6.07) is 5.24. The quantitative estimate of drug-likeness (QED) is 0.883. The molecule has 0 bridgehead atoms. The number of rotatable bonds is 4. The number of hydrogen-bond acceptors (Lipinski definition) is 3. The highest BCUT2D eigenvalue weighted by Gasteiger charge is 2.25. The summed E-state index contributed by atoms with van der Waals surface area (Å²) >= 11 is 6.04. The van der Waals surface area contributed by atoms with E-state index in [1.54, 1.807) is 24.1 Å². The third kappa shape index (κ3) is 4.75. The fraction of sp³-hybridized carbons (Fsp3) is 0.588. The van der Waals surface area contributed by atoms with E-state index in [-0.39, 0.29) is 18.1 Å². The van der Waals surface area contributed by atoms with Crippen LogP contribution in [0.25, 0.3) is 0 Å². The Morgan fingerprint density at radius 3 is 2.65 bits per heavy atom. The number of carbonyl (C=O) groups excluding carboxylic acids is 1. The molecule has 0 heterocycles. The van der Waals surface area contributed by atoms with E-state index in [0.717, 1.165) is 31.4 Å². The first-order chi connectivity index (χ1) is 10.9. The lowest BCUT2D eigenvalue weighted by Gasteiger charge is -2.31. The van der Waals surface area contributed by atoms with Gasteiger partial charge in [-0.3, -0.25) is 0 Å². The number of nitrogens with one attached hydrogen (secondary N) is 1. The van der Waals surface area contributed by atoms with Gasteiger partial charge in [0.25, 0.3) is 0 Å². The van der Waals surface area contributed by atoms with Gasteiger partial charge < -0.3 is 20.2 Å². The van der Waals surface area contributed by atoms with Crippen molar-refractivity contribution >= 4 is 29.0 Å². The van der Waals surface area contributed by atoms with Gasteiger partial charge in [0.15, 0.2) is 0 Å². The number of hydrogen-bond donors (Lipinski definition) is 2. The average molecular weight is 340 g/mol. The predicted molar refractivity (Wildman–Crippen MR) is 95.4 cm³/mol. The van der Waals surface area contributed by atoms with Crippen LogP contribution in [0.1, 0.15) is 25.7 Å². The van der Waals surface area contributed by atoms with Gasteiger partial charge >= 0.3 is 6.03 Å². The molecule has 0 radical (unpaired) electrons. The summed E-state index contributed by atoms with van der Waals surface area (Å²) in [5.74, 6) is 0.159. The molecule has 2 unspecified atom stereocenters. The van der Waals surface area contributed by atoms with Crippen LogP contribution in [0.4, 0.5) is 16.2 Å². The van der Waals surface area contributed by atoms with Crippen LogP contribution in [0.2, 0.25) is 5.02 Å². The van der Waals surface area contributed by atoms with Crippen molar-refractivity contribution in [3.63, 3.8) is 0 Å². The molecule has 0 aromatic heterocycles. The van der Waals surface area contributed by atoms with Crippen LogP contribution < -0.4 is 10.2 Å². The number of nitrogens with zero attached hydrogens (tertiary/aromatic N) is 2. The fourth-order valence-electron chi connectivity index (χ4n) is 3.04. The van der Waals surface area contributed by atoms with Gasteiger partial charge in [-0.05, 0) is 31.0 Å². The molecular formula is C17H26ClN3O2. The molecule has 1 aliphatic rings. The Hall–Kier alpha value is -1.46. The van der Waals surface area contributed by atoms with E-state index in [9.17, 15) is 9.90 Å². The van der Waals surface area contributed by atoms with Gasteiger partial charge in [-0.1, -0.05) is 24.4 Å². The van der Waals surface area contributed by atoms with Crippen molar-refractivity contribution in [3.8, 4) is 0 Å². The van der Waals surface area contributed by atoms with E-state index < -0.39 is 0 Å². The Kier molecular flexibility index (Phi) is 6.13. The molecule has 1 saturated carbocycles. The third-order valence-electron chi connectivity index (χ3n) is 4.41. The zero-order valence-electron chi connectivity index (χ0n) is 14.1. The number of urea groups is 1. The first kappa shape index (κ1) is 17.9. The van der Waals surface area contributed by atoms with Crippen molar-refractivity contribution < 1.29 is 9.90 Å². The van der Waals surface area contributed by atoms with Crippen LogP contribution in [-0.2, 0) is 0 Å². The average Bonchev–Trinajstić information content (AvgIpc) is 2.49. The first-order valence-corrected chi connectivity index (χ1v) is 8.43. The summed E-state index contributed by atoms with van der Waals surface area (Å²) in [5, 5.41) is 13.6. The van der Waals surface area contributed by atoms with Crippen LogP contribution >= 0.6 is 11.6 Å². The molecule has 5 nitrogen and oxygen atoms in total. The molecule has 0 spiro atoms. The maximum absolute atomic E-state index is 12.5. The van der Waals surface area contributed by atoms with Crippen LogP contribution in [-0.4, -0.2) is 49.8 Å². The largest absolute Gasteiger partial charge is 0.393 e. The van der Waals surface area contributed by atoms with E-state index >= 15 is 0 Å². The highest BCUT2D eigenvalue weighted by Crippen LogP contribution is 2.29. The lowest BCUT2D eigenvalue weighted by atomic mass is 9.86. The zero-order chi connectivity index (χ0) is 17.0. The summed E-state index contributed by atoms with van der Waals surface area (Å²) in [7, 11) is 5.60. The van der Waals surface area contributed by atoms with E-state index in [0.29, 0.717) is 17.3 Å². The minimum Gasteiger partial charge on any atom is -0.393 e. The molecule has 1 aromatic rings. The van der Waals surface area contributed by atoms with Gasteiger partial charge in [0.2, 0.25) is 0 Å². The van der Waals surface area contributed by atoms with Crippen LogP contribution in [0.3, 0.4) is 0 Å². The van der Waals surface area contributed by atoms with E-state index in [1.165, 1.54) is 0 Å². The molecule has 2 amide bonds. The monoisotopic (exact) mass is 339 g/mol. The molecule has 0 saturated heterocycles. The summed E-state index contributed by atoms with van der Waals surface area (Å²) in [6.45, 7) is 0.560. The SMILES string of the molecule is CN(CC1CCCCC1O)C(=O)Nc1cc(Cl)ccc1N(C)C. The number of benzene rings is 1. The topological polar surface area (TPSA) is 55.8 Å². The molecule has 1 fully saturated rings. The number of aliphatic hydroxyl groups excluding tert-OH is 1. The molecule has 0 aliphatic heterocycles. The summed E-state index contributed by atoms with van der Waals surface area (Å²) in [6.07, 6.45) is 3.69. The second kappa shape index (κ2) is 7.88. The van der Waals surface area contributed by atoms with E-state index in [4.69, 9.17) is 11.6 Å². The van der Waals surface area contributed by atoms with Gasteiger partial charge in [-0.15, -0.1) is 0 Å². The summed E-state index contributed by atoms with van der Waals surface area (Å²) in [5.41, 5.74) is 1.58. The Balaban J connectivity index is 2.02. The molecule has 1 aliphatic carbocycles. The van der Waals surface area contributed by atoms with Crippen molar-refractivity contribution in [1.82, 2.24) is 4.90 Å². The van der Waals surface area contributed by atoms with Crippen molar-refractivity contribution in [2.75, 3.05) is 37.9 Å². The van der Waals surface area contributed by atoms with Crippen LogP contribution in [0.5, 0.6) is 0 Å². The maximum atomic E-state index is 12.5. The first-order valence-electron chi connectivity index (χ1n) is 8.05. The Morgan fingerprint density at radius 1 is 1.30 bits per heavy atom. The Labute approximate surface area is 143 Å². The summed E-state index contributed by atoms with van der Waals surface area (Å²) in [4.78, 5) is 16.0. The standard InChI is InChI=1S/C17H26ClN3O2/c1-20(2)15-9-8-13(18)10-14(15)19-17(23)21(3)11-12-6-4-5-7-16(12)22/h8-10,12,16,22H,4-7,11H2,1-3H3,(H,19,23). The molecule has 2 N–H and O–H groups in total. The fourth-order valence-corrected chi connectivity index (χ4v) is 3.22.